The predicted molar refractivity (Wildman–Crippen MR) is 149 cm³/mol. The van der Waals surface area contributed by atoms with Gasteiger partial charge in [0.25, 0.3) is 5.91 Å². The molecule has 2 aromatic carbocycles. The fraction of sp³-hybridized carbons (Fsp3) is 0.250. The number of aromatic nitrogens is 6. The number of pyridine rings is 1. The minimum absolute atomic E-state index is 0.196. The first-order chi connectivity index (χ1) is 21.0. The van der Waals surface area contributed by atoms with Crippen LogP contribution in [0.25, 0.3) is 22.6 Å². The van der Waals surface area contributed by atoms with Crippen molar-refractivity contribution in [2.24, 2.45) is 0 Å². The summed E-state index contributed by atoms with van der Waals surface area (Å²) in [7, 11) is 1.57. The van der Waals surface area contributed by atoms with Crippen molar-refractivity contribution in [3.05, 3.63) is 83.9 Å². The molecule has 220 valence electrons. The van der Waals surface area contributed by atoms with E-state index in [9.17, 15) is 14.1 Å². The van der Waals surface area contributed by atoms with Crippen LogP contribution in [0.15, 0.2) is 71.3 Å². The van der Waals surface area contributed by atoms with Crippen molar-refractivity contribution in [1.29, 1.82) is 0 Å². The maximum absolute atomic E-state index is 13.5. The number of nitrogens with zero attached hydrogens (tertiary/aromatic N) is 8. The number of carbonyl (C=O) groups excluding carboxylic acids is 2. The zero-order chi connectivity index (χ0) is 29.8. The number of halogens is 1. The van der Waals surface area contributed by atoms with Crippen LogP contribution in [0.2, 0.25) is 0 Å². The van der Waals surface area contributed by atoms with Gasteiger partial charge in [-0.25, -0.2) is 14.7 Å². The van der Waals surface area contributed by atoms with Crippen LogP contribution < -0.4 is 5.32 Å². The number of tetrazole rings is 1. The Morgan fingerprint density at radius 3 is 2.65 bits per heavy atom. The minimum atomic E-state index is -1.25. The molecule has 0 unspecified atom stereocenters. The number of oxazole rings is 1. The molecule has 43 heavy (non-hydrogen) atoms. The number of piperazine rings is 1. The highest BCUT2D eigenvalue weighted by molar-refractivity contribution is 5.93. The van der Waals surface area contributed by atoms with Crippen LogP contribution in [-0.4, -0.2) is 85.3 Å². The van der Waals surface area contributed by atoms with Crippen LogP contribution in [0.5, 0.6) is 0 Å². The summed E-state index contributed by atoms with van der Waals surface area (Å²) in [6.45, 7) is 2.31. The summed E-state index contributed by atoms with van der Waals surface area (Å²) in [5.74, 6) is 0.608. The van der Waals surface area contributed by atoms with E-state index in [1.807, 2.05) is 30.3 Å². The van der Waals surface area contributed by atoms with Gasteiger partial charge in [-0.2, -0.15) is 0 Å². The molecule has 0 bridgehead atoms. The van der Waals surface area contributed by atoms with E-state index in [-0.39, 0.29) is 36.0 Å². The molecule has 1 fully saturated rings. The van der Waals surface area contributed by atoms with E-state index < -0.39 is 6.09 Å². The molecular formula is C28H26FN9O5. The molecule has 0 radical (unpaired) electrons. The van der Waals surface area contributed by atoms with E-state index in [0.717, 1.165) is 5.56 Å². The fourth-order valence-electron chi connectivity index (χ4n) is 4.99. The molecule has 15 heteroatoms. The number of hydrogen-bond acceptors (Lipinski definition) is 11. The quantitative estimate of drug-likeness (QED) is 0.284. The molecule has 0 spiro atoms. The van der Waals surface area contributed by atoms with Crippen molar-refractivity contribution >= 4 is 28.8 Å². The van der Waals surface area contributed by atoms with Crippen LogP contribution in [-0.2, 0) is 16.4 Å². The summed E-state index contributed by atoms with van der Waals surface area (Å²) in [4.78, 5) is 41.9. The molecule has 5 aromatic rings. The largest absolute Gasteiger partial charge is 0.449 e. The average molecular weight is 588 g/mol. The summed E-state index contributed by atoms with van der Waals surface area (Å²) in [5, 5.41) is 15.1. The molecule has 6 rings (SSSR count). The van der Waals surface area contributed by atoms with Gasteiger partial charge in [-0.15, -0.1) is 15.0 Å². The zero-order valence-electron chi connectivity index (χ0n) is 23.0. The van der Waals surface area contributed by atoms with Gasteiger partial charge in [0.1, 0.15) is 11.2 Å². The van der Waals surface area contributed by atoms with Crippen LogP contribution in [0.1, 0.15) is 27.9 Å². The number of anilines is 1. The number of benzene rings is 2. The number of ether oxygens (including phenoxy) is 1. The lowest BCUT2D eigenvalue weighted by Gasteiger charge is -2.38. The first-order valence-corrected chi connectivity index (χ1v) is 13.3. The lowest BCUT2D eigenvalue weighted by Crippen LogP contribution is -2.50. The van der Waals surface area contributed by atoms with Crippen LogP contribution in [0.4, 0.5) is 15.0 Å². The van der Waals surface area contributed by atoms with E-state index in [0.29, 0.717) is 48.7 Å². The number of nitrogens with one attached hydrogen (secondary N) is 1. The third-order valence-electron chi connectivity index (χ3n) is 6.97. The first-order valence-electron chi connectivity index (χ1n) is 13.3. The smallest absolute Gasteiger partial charge is 0.436 e. The normalized spacial score (nSPS) is 14.5. The standard InChI is InChI=1S/C28H26FN9O5/c1-41-17-38-34-25(33-35-38)24(18-5-3-2-4-6-18)36-11-13-37(14-12-36)27(39)22-15-19(9-10-30-22)26-32-21-16-20(31-28(40)43-29)7-8-23(21)42-26/h2-10,15-16,24H,11-14,17H2,1H3,(H,31,40)/t24-/m1/s1. The van der Waals surface area contributed by atoms with E-state index >= 15 is 0 Å². The van der Waals surface area contributed by atoms with Crippen LogP contribution in [0, 0.1) is 0 Å². The molecule has 2 amide bonds. The average Bonchev–Trinajstić information content (AvgIpc) is 3.69. The molecule has 1 saturated heterocycles. The predicted octanol–water partition coefficient (Wildman–Crippen LogP) is 3.46. The number of carbonyl (C=O) groups is 2. The Balaban J connectivity index is 1.16. The second-order valence-electron chi connectivity index (χ2n) is 9.70. The second kappa shape index (κ2) is 12.3. The molecule has 1 atom stereocenters. The Morgan fingerprint density at radius 1 is 1.07 bits per heavy atom. The van der Waals surface area contributed by atoms with Crippen molar-refractivity contribution in [1.82, 2.24) is 40.0 Å². The molecule has 1 aliphatic heterocycles. The zero-order valence-corrected chi connectivity index (χ0v) is 23.0. The number of fused-ring (bicyclic) bond motifs is 1. The number of methoxy groups -OCH3 is 1. The molecule has 3 aromatic heterocycles. The Kier molecular flexibility index (Phi) is 7.97. The van der Waals surface area contributed by atoms with Crippen molar-refractivity contribution in [2.75, 3.05) is 38.6 Å². The number of amides is 2. The molecule has 0 saturated carbocycles. The van der Waals surface area contributed by atoms with Crippen LogP contribution >= 0.6 is 0 Å². The lowest BCUT2D eigenvalue weighted by molar-refractivity contribution is -0.0544. The van der Waals surface area contributed by atoms with Crippen molar-refractivity contribution in [3.8, 4) is 11.5 Å². The second-order valence-corrected chi connectivity index (χ2v) is 9.70. The van der Waals surface area contributed by atoms with E-state index in [4.69, 9.17) is 9.15 Å². The summed E-state index contributed by atoms with van der Waals surface area (Å²) < 4.78 is 23.0. The Hall–Kier alpha value is -5.28. The maximum Gasteiger partial charge on any atom is 0.449 e. The Morgan fingerprint density at radius 2 is 1.88 bits per heavy atom. The number of rotatable bonds is 8. The van der Waals surface area contributed by atoms with Gasteiger partial charge in [0.2, 0.25) is 5.89 Å². The Bertz CT molecular complexity index is 1740. The molecular weight excluding hydrogens is 561 g/mol. The van der Waals surface area contributed by atoms with E-state index in [1.54, 1.807) is 30.2 Å². The summed E-state index contributed by atoms with van der Waals surface area (Å²) in [6.07, 6.45) is 0.279. The SMILES string of the molecule is COCn1nnc([C@@H](c2ccccc2)N2CCN(C(=O)c3cc(-c4nc5cc(NC(=O)OF)ccc5o4)ccn3)CC2)n1. The van der Waals surface area contributed by atoms with Crippen molar-refractivity contribution in [3.63, 3.8) is 0 Å². The van der Waals surface area contributed by atoms with E-state index in [2.05, 4.69) is 40.5 Å². The van der Waals surface area contributed by atoms with Crippen LogP contribution in [0.3, 0.4) is 0 Å². The van der Waals surface area contributed by atoms with Gasteiger partial charge in [-0.1, -0.05) is 30.3 Å². The highest BCUT2D eigenvalue weighted by Gasteiger charge is 2.31. The van der Waals surface area contributed by atoms with Crippen molar-refractivity contribution < 1.29 is 28.2 Å². The van der Waals surface area contributed by atoms with E-state index in [1.165, 1.54) is 23.1 Å². The summed E-state index contributed by atoms with van der Waals surface area (Å²) >= 11 is 0. The summed E-state index contributed by atoms with van der Waals surface area (Å²) in [6, 6.07) is 17.6. The van der Waals surface area contributed by atoms with Gasteiger partial charge in [-0.3, -0.25) is 20.0 Å². The highest BCUT2D eigenvalue weighted by Crippen LogP contribution is 2.29. The minimum Gasteiger partial charge on any atom is -0.436 e. The van der Waals surface area contributed by atoms with Gasteiger partial charge in [0, 0.05) is 55.3 Å². The van der Waals surface area contributed by atoms with Crippen molar-refractivity contribution in [2.45, 2.75) is 12.8 Å². The fourth-order valence-corrected chi connectivity index (χ4v) is 4.99. The van der Waals surface area contributed by atoms with Gasteiger partial charge in [0.15, 0.2) is 18.1 Å². The van der Waals surface area contributed by atoms with Gasteiger partial charge in [-0.05, 0) is 41.1 Å². The van der Waals surface area contributed by atoms with Gasteiger partial charge in [0.05, 0.1) is 6.04 Å². The van der Waals surface area contributed by atoms with Gasteiger partial charge >= 0.3 is 6.09 Å². The third kappa shape index (κ3) is 6.02. The molecule has 14 nitrogen and oxygen atoms in total. The summed E-state index contributed by atoms with van der Waals surface area (Å²) in [5.41, 5.74) is 2.99. The third-order valence-corrected chi connectivity index (χ3v) is 6.97. The monoisotopic (exact) mass is 587 g/mol. The Labute approximate surface area is 243 Å². The molecule has 1 aliphatic rings. The topological polar surface area (TPSA) is 154 Å². The maximum atomic E-state index is 13.5. The molecule has 4 heterocycles. The highest BCUT2D eigenvalue weighted by atomic mass is 19.3. The van der Waals surface area contributed by atoms with Gasteiger partial charge < -0.3 is 14.1 Å². The number of hydrogen-bond donors (Lipinski definition) is 1. The molecule has 1 N–H and O–H groups in total. The first kappa shape index (κ1) is 27.9. The molecule has 0 aliphatic carbocycles. The lowest BCUT2D eigenvalue weighted by atomic mass is 10.0.